The number of benzene rings is 1. The van der Waals surface area contributed by atoms with Gasteiger partial charge in [0.25, 0.3) is 5.91 Å². The van der Waals surface area contributed by atoms with Gasteiger partial charge in [-0.1, -0.05) is 22.0 Å². The van der Waals surface area contributed by atoms with E-state index in [0.29, 0.717) is 34.6 Å². The number of rotatable bonds is 4. The summed E-state index contributed by atoms with van der Waals surface area (Å²) in [6, 6.07) is 7.83. The number of hydrogen-bond acceptors (Lipinski definition) is 5. The van der Waals surface area contributed by atoms with Crippen molar-refractivity contribution in [1.29, 1.82) is 0 Å². The molecule has 0 atom stereocenters. The lowest BCUT2D eigenvalue weighted by Gasteiger charge is -2.32. The summed E-state index contributed by atoms with van der Waals surface area (Å²) in [5.41, 5.74) is 0.251. The van der Waals surface area contributed by atoms with Crippen molar-refractivity contribution in [3.63, 3.8) is 0 Å². The fourth-order valence-corrected chi connectivity index (χ4v) is 5.41. The molecule has 0 bridgehead atoms. The highest BCUT2D eigenvalue weighted by Crippen LogP contribution is 2.25. The summed E-state index contributed by atoms with van der Waals surface area (Å²) in [5.74, 6) is -0.315. The first-order chi connectivity index (χ1) is 11.9. The van der Waals surface area contributed by atoms with Gasteiger partial charge in [0.1, 0.15) is 9.96 Å². The van der Waals surface area contributed by atoms with Crippen molar-refractivity contribution in [2.24, 2.45) is 0 Å². The van der Waals surface area contributed by atoms with Crippen LogP contribution in [-0.4, -0.2) is 43.5 Å². The predicted molar refractivity (Wildman–Crippen MR) is 99.4 cm³/mol. The normalized spacial score (nSPS) is 16.1. The van der Waals surface area contributed by atoms with Gasteiger partial charge in [-0.05, 0) is 42.5 Å². The Morgan fingerprint density at radius 3 is 2.60 bits per heavy atom. The number of thiophene rings is 1. The molecule has 2 heterocycles. The number of piperidine rings is 1. The first-order valence-electron chi connectivity index (χ1n) is 7.70. The van der Waals surface area contributed by atoms with E-state index < -0.39 is 10.0 Å². The number of phenolic OH excluding ortho intramolecular Hbond substituents is 1. The summed E-state index contributed by atoms with van der Waals surface area (Å²) in [6.07, 6.45) is 1.07. The number of hydrogen-bond donors (Lipinski definition) is 2. The highest BCUT2D eigenvalue weighted by Gasteiger charge is 2.28. The maximum absolute atomic E-state index is 12.5. The standard InChI is InChI=1S/C16H17BrN2O4S2/c17-11-3-4-13(14(20)10-11)16(21)19-7-5-12(6-8-19)18-25(22,23)15-2-1-9-24-15/h1-4,9-10,12,18,20H,5-8H2. The van der Waals surface area contributed by atoms with Gasteiger partial charge in [0.2, 0.25) is 10.0 Å². The fraction of sp³-hybridized carbons (Fsp3) is 0.312. The van der Waals surface area contributed by atoms with Crippen molar-refractivity contribution in [1.82, 2.24) is 9.62 Å². The van der Waals surface area contributed by atoms with Gasteiger partial charge in [-0.15, -0.1) is 11.3 Å². The Kier molecular flexibility index (Phi) is 5.47. The van der Waals surface area contributed by atoms with Gasteiger partial charge < -0.3 is 10.0 Å². The van der Waals surface area contributed by atoms with E-state index in [1.807, 2.05) is 0 Å². The molecule has 1 fully saturated rings. The molecule has 0 saturated carbocycles. The van der Waals surface area contributed by atoms with Gasteiger partial charge in [0.15, 0.2) is 0 Å². The third-order valence-electron chi connectivity index (χ3n) is 4.05. The predicted octanol–water partition coefficient (Wildman–Crippen LogP) is 2.80. The van der Waals surface area contributed by atoms with Crippen LogP contribution in [0.3, 0.4) is 0 Å². The molecule has 2 aromatic rings. The van der Waals surface area contributed by atoms with Gasteiger partial charge >= 0.3 is 0 Å². The van der Waals surface area contributed by atoms with Gasteiger partial charge in [0.05, 0.1) is 5.56 Å². The van der Waals surface area contributed by atoms with E-state index in [4.69, 9.17) is 0 Å². The Bertz CT molecular complexity index is 860. The maximum Gasteiger partial charge on any atom is 0.257 e. The summed E-state index contributed by atoms with van der Waals surface area (Å²) in [4.78, 5) is 14.2. The number of phenols is 1. The Balaban J connectivity index is 1.61. The molecule has 2 N–H and O–H groups in total. The van der Waals surface area contributed by atoms with E-state index in [9.17, 15) is 18.3 Å². The average Bonchev–Trinajstić information content (AvgIpc) is 3.10. The van der Waals surface area contributed by atoms with Gasteiger partial charge in [0, 0.05) is 23.6 Å². The smallest absolute Gasteiger partial charge is 0.257 e. The largest absolute Gasteiger partial charge is 0.507 e. The molecule has 0 aliphatic carbocycles. The molecule has 1 aromatic heterocycles. The van der Waals surface area contributed by atoms with E-state index in [1.165, 1.54) is 17.4 Å². The van der Waals surface area contributed by atoms with Crippen LogP contribution >= 0.6 is 27.3 Å². The number of halogens is 1. The lowest BCUT2D eigenvalue weighted by molar-refractivity contribution is 0.0708. The van der Waals surface area contributed by atoms with Crippen LogP contribution in [0.5, 0.6) is 5.75 Å². The van der Waals surface area contributed by atoms with Crippen molar-refractivity contribution in [2.45, 2.75) is 23.1 Å². The molecule has 25 heavy (non-hydrogen) atoms. The molecule has 134 valence electrons. The Labute approximate surface area is 158 Å². The van der Waals surface area contributed by atoms with Crippen LogP contribution in [0.25, 0.3) is 0 Å². The van der Waals surface area contributed by atoms with E-state index >= 15 is 0 Å². The summed E-state index contributed by atoms with van der Waals surface area (Å²) in [7, 11) is -3.50. The highest BCUT2D eigenvalue weighted by atomic mass is 79.9. The molecule has 1 amide bonds. The van der Waals surface area contributed by atoms with Crippen LogP contribution in [0.4, 0.5) is 0 Å². The quantitative estimate of drug-likeness (QED) is 0.758. The van der Waals surface area contributed by atoms with E-state index in [2.05, 4.69) is 20.7 Å². The number of carbonyl (C=O) groups excluding carboxylic acids is 1. The minimum Gasteiger partial charge on any atom is -0.507 e. The van der Waals surface area contributed by atoms with Crippen molar-refractivity contribution >= 4 is 43.2 Å². The van der Waals surface area contributed by atoms with E-state index in [1.54, 1.807) is 34.5 Å². The summed E-state index contributed by atoms with van der Waals surface area (Å²) in [5, 5.41) is 11.7. The fourth-order valence-electron chi connectivity index (χ4n) is 2.75. The molecule has 1 aromatic carbocycles. The van der Waals surface area contributed by atoms with Crippen LogP contribution < -0.4 is 4.72 Å². The van der Waals surface area contributed by atoms with Gasteiger partial charge in [-0.2, -0.15) is 0 Å². The zero-order valence-corrected chi connectivity index (χ0v) is 16.4. The lowest BCUT2D eigenvalue weighted by atomic mass is 10.0. The monoisotopic (exact) mass is 444 g/mol. The molecular weight excluding hydrogens is 428 g/mol. The second-order valence-corrected chi connectivity index (χ2v) is 9.59. The lowest BCUT2D eigenvalue weighted by Crippen LogP contribution is -2.46. The number of carbonyl (C=O) groups is 1. The molecule has 9 heteroatoms. The third kappa shape index (κ3) is 4.22. The average molecular weight is 445 g/mol. The van der Waals surface area contributed by atoms with Crippen molar-refractivity contribution in [3.05, 3.63) is 45.7 Å². The summed E-state index contributed by atoms with van der Waals surface area (Å²) in [6.45, 7) is 0.873. The number of sulfonamides is 1. The minimum absolute atomic E-state index is 0.0695. The topological polar surface area (TPSA) is 86.7 Å². The van der Waals surface area contributed by atoms with Crippen molar-refractivity contribution in [3.8, 4) is 5.75 Å². The third-order valence-corrected chi connectivity index (χ3v) is 7.47. The molecule has 3 rings (SSSR count). The number of aromatic hydroxyl groups is 1. The van der Waals surface area contributed by atoms with Crippen LogP contribution in [-0.2, 0) is 10.0 Å². The molecule has 1 saturated heterocycles. The zero-order chi connectivity index (χ0) is 18.0. The molecule has 0 unspecified atom stereocenters. The highest BCUT2D eigenvalue weighted by molar-refractivity contribution is 9.10. The molecule has 1 aliphatic heterocycles. The van der Waals surface area contributed by atoms with E-state index in [0.717, 1.165) is 0 Å². The van der Waals surface area contributed by atoms with Crippen molar-refractivity contribution in [2.75, 3.05) is 13.1 Å². The molecule has 0 spiro atoms. The number of nitrogens with zero attached hydrogens (tertiary/aromatic N) is 1. The second-order valence-electron chi connectivity index (χ2n) is 5.78. The molecule has 0 radical (unpaired) electrons. The zero-order valence-electron chi connectivity index (χ0n) is 13.2. The second kappa shape index (κ2) is 7.45. The van der Waals surface area contributed by atoms with Crippen LogP contribution in [0.2, 0.25) is 0 Å². The number of likely N-dealkylation sites (tertiary alicyclic amines) is 1. The Hall–Kier alpha value is -1.42. The van der Waals surface area contributed by atoms with Crippen LogP contribution in [0.15, 0.2) is 44.4 Å². The summed E-state index contributed by atoms with van der Waals surface area (Å²) >= 11 is 4.42. The van der Waals surface area contributed by atoms with E-state index in [-0.39, 0.29) is 23.3 Å². The van der Waals surface area contributed by atoms with Crippen molar-refractivity contribution < 1.29 is 18.3 Å². The number of amides is 1. The van der Waals surface area contributed by atoms with Crippen LogP contribution in [0, 0.1) is 0 Å². The Morgan fingerprint density at radius 2 is 2.00 bits per heavy atom. The SMILES string of the molecule is O=C(c1ccc(Br)cc1O)N1CCC(NS(=O)(=O)c2cccs2)CC1. The number of nitrogens with one attached hydrogen (secondary N) is 1. The van der Waals surface area contributed by atoms with Crippen LogP contribution in [0.1, 0.15) is 23.2 Å². The minimum atomic E-state index is -3.50. The molecule has 6 nitrogen and oxygen atoms in total. The maximum atomic E-state index is 12.5. The molecular formula is C16H17BrN2O4S2. The summed E-state index contributed by atoms with van der Waals surface area (Å²) < 4.78 is 28.2. The first-order valence-corrected chi connectivity index (χ1v) is 10.9. The molecule has 1 aliphatic rings. The first kappa shape index (κ1) is 18.4. The Morgan fingerprint density at radius 1 is 1.28 bits per heavy atom. The van der Waals surface area contributed by atoms with Gasteiger partial charge in [-0.25, -0.2) is 13.1 Å². The van der Waals surface area contributed by atoms with Gasteiger partial charge in [-0.3, -0.25) is 4.79 Å².